The standard InChI is InChI=1S/C25H20F5N5O5/c1-12(2)16-9-15(6-7-17(16)39-19-10-18(31)32-11-33-19)34-21(36)22(40-23(37)25(28,29)30)35(24(34)38)14-5-3-4-13(8-14)20(26)27/h3-12,20,22H,1-2H3,(H2,31,32,33). The number of nitrogens with two attached hydrogens (primary N) is 1. The predicted molar refractivity (Wildman–Crippen MR) is 130 cm³/mol. The van der Waals surface area contributed by atoms with Crippen LogP contribution in [0.1, 0.15) is 37.3 Å². The maximum Gasteiger partial charge on any atom is 0.491 e. The molecule has 1 aliphatic heterocycles. The molecule has 1 atom stereocenters. The summed E-state index contributed by atoms with van der Waals surface area (Å²) in [4.78, 5) is 47.0. The number of ether oxygens (including phenoxy) is 2. The van der Waals surface area contributed by atoms with Crippen LogP contribution in [0.15, 0.2) is 54.9 Å². The van der Waals surface area contributed by atoms with E-state index < -0.39 is 42.3 Å². The number of nitrogens with zero attached hydrogens (tertiary/aromatic N) is 4. The van der Waals surface area contributed by atoms with Crippen LogP contribution in [0.25, 0.3) is 0 Å². The number of nitrogen functional groups attached to an aromatic ring is 1. The van der Waals surface area contributed by atoms with E-state index in [-0.39, 0.29) is 34.7 Å². The van der Waals surface area contributed by atoms with E-state index in [2.05, 4.69) is 14.7 Å². The molecule has 2 aromatic carbocycles. The minimum Gasteiger partial charge on any atom is -0.439 e. The Morgan fingerprint density at radius 2 is 1.75 bits per heavy atom. The van der Waals surface area contributed by atoms with E-state index >= 15 is 0 Å². The highest BCUT2D eigenvalue weighted by Gasteiger charge is 2.53. The van der Waals surface area contributed by atoms with E-state index in [9.17, 15) is 36.3 Å². The van der Waals surface area contributed by atoms with Gasteiger partial charge in [0.05, 0.1) is 11.4 Å². The van der Waals surface area contributed by atoms with Gasteiger partial charge in [-0.05, 0) is 41.8 Å². The minimum absolute atomic E-state index is 0.0969. The van der Waals surface area contributed by atoms with Gasteiger partial charge in [-0.3, -0.25) is 4.79 Å². The summed E-state index contributed by atoms with van der Waals surface area (Å²) in [5.74, 6) is -3.86. The number of halogens is 5. The first-order valence-electron chi connectivity index (χ1n) is 11.5. The Morgan fingerprint density at radius 3 is 2.38 bits per heavy atom. The van der Waals surface area contributed by atoms with Gasteiger partial charge in [0, 0.05) is 11.6 Å². The third-order valence-electron chi connectivity index (χ3n) is 5.67. The van der Waals surface area contributed by atoms with E-state index in [4.69, 9.17) is 10.5 Å². The number of anilines is 3. The number of amides is 3. The number of rotatable bonds is 7. The summed E-state index contributed by atoms with van der Waals surface area (Å²) in [6, 6.07) is 8.20. The maximum absolute atomic E-state index is 13.4. The molecule has 1 saturated heterocycles. The zero-order valence-corrected chi connectivity index (χ0v) is 20.7. The third-order valence-corrected chi connectivity index (χ3v) is 5.67. The van der Waals surface area contributed by atoms with E-state index in [0.717, 1.165) is 24.3 Å². The molecule has 1 unspecified atom stereocenters. The average molecular weight is 565 g/mol. The fourth-order valence-electron chi connectivity index (χ4n) is 3.83. The molecule has 1 aromatic heterocycles. The summed E-state index contributed by atoms with van der Waals surface area (Å²) in [7, 11) is 0. The molecule has 210 valence electrons. The van der Waals surface area contributed by atoms with Gasteiger partial charge >= 0.3 is 18.2 Å². The molecule has 10 nitrogen and oxygen atoms in total. The number of urea groups is 1. The number of imide groups is 1. The van der Waals surface area contributed by atoms with Crippen molar-refractivity contribution in [3.63, 3.8) is 0 Å². The lowest BCUT2D eigenvalue weighted by atomic mass is 10.0. The lowest BCUT2D eigenvalue weighted by Crippen LogP contribution is -2.42. The van der Waals surface area contributed by atoms with Crippen molar-refractivity contribution in [1.29, 1.82) is 0 Å². The van der Waals surface area contributed by atoms with Gasteiger partial charge in [-0.25, -0.2) is 38.1 Å². The zero-order valence-electron chi connectivity index (χ0n) is 20.7. The Kier molecular flexibility index (Phi) is 7.57. The van der Waals surface area contributed by atoms with Gasteiger partial charge in [-0.2, -0.15) is 13.2 Å². The van der Waals surface area contributed by atoms with Gasteiger partial charge < -0.3 is 15.2 Å². The molecule has 0 radical (unpaired) electrons. The summed E-state index contributed by atoms with van der Waals surface area (Å²) in [6.45, 7) is 3.54. The van der Waals surface area contributed by atoms with Crippen LogP contribution < -0.4 is 20.3 Å². The first-order valence-corrected chi connectivity index (χ1v) is 11.5. The summed E-state index contributed by atoms with van der Waals surface area (Å²) in [5, 5.41) is 0. The molecule has 40 heavy (non-hydrogen) atoms. The number of carbonyl (C=O) groups excluding carboxylic acids is 3. The summed E-state index contributed by atoms with van der Waals surface area (Å²) in [6.07, 6.45) is -9.74. The molecule has 3 aromatic rings. The number of benzene rings is 2. The quantitative estimate of drug-likeness (QED) is 0.232. The predicted octanol–water partition coefficient (Wildman–Crippen LogP) is 5.32. The lowest BCUT2D eigenvalue weighted by Gasteiger charge is -2.22. The van der Waals surface area contributed by atoms with Crippen molar-refractivity contribution in [3.05, 3.63) is 66.0 Å². The van der Waals surface area contributed by atoms with E-state index in [0.29, 0.717) is 15.4 Å². The van der Waals surface area contributed by atoms with Crippen LogP contribution >= 0.6 is 0 Å². The second kappa shape index (κ2) is 10.7. The van der Waals surface area contributed by atoms with Gasteiger partial charge in [-0.15, -0.1) is 0 Å². The molecule has 1 aliphatic rings. The van der Waals surface area contributed by atoms with Crippen LogP contribution in [-0.4, -0.2) is 40.3 Å². The Bertz CT molecular complexity index is 1470. The highest BCUT2D eigenvalue weighted by atomic mass is 19.4. The number of carbonyl (C=O) groups is 3. The van der Waals surface area contributed by atoms with Crippen LogP contribution in [0.3, 0.4) is 0 Å². The Labute approximate surface area is 223 Å². The number of hydrogen-bond donors (Lipinski definition) is 1. The first kappa shape index (κ1) is 28.2. The number of aromatic nitrogens is 2. The third kappa shape index (κ3) is 5.62. The molecule has 0 spiro atoms. The van der Waals surface area contributed by atoms with Crippen molar-refractivity contribution in [2.45, 2.75) is 38.6 Å². The smallest absolute Gasteiger partial charge is 0.439 e. The van der Waals surface area contributed by atoms with Gasteiger partial charge in [-0.1, -0.05) is 26.0 Å². The zero-order chi connectivity index (χ0) is 29.4. The van der Waals surface area contributed by atoms with Crippen molar-refractivity contribution in [1.82, 2.24) is 9.97 Å². The summed E-state index contributed by atoms with van der Waals surface area (Å²) in [5.41, 5.74) is 5.03. The van der Waals surface area contributed by atoms with Crippen molar-refractivity contribution in [2.24, 2.45) is 0 Å². The van der Waals surface area contributed by atoms with Crippen molar-refractivity contribution in [2.75, 3.05) is 15.5 Å². The molecular weight excluding hydrogens is 545 g/mol. The SMILES string of the molecule is CC(C)c1cc(N2C(=O)C(OC(=O)C(F)(F)F)N(c3cccc(C(F)F)c3)C2=O)ccc1Oc1cc(N)ncn1. The molecule has 3 amide bonds. The minimum atomic E-state index is -5.50. The molecule has 1 fully saturated rings. The Hall–Kier alpha value is -4.82. The molecule has 0 bridgehead atoms. The van der Waals surface area contributed by atoms with E-state index in [1.165, 1.54) is 30.6 Å². The first-order chi connectivity index (χ1) is 18.8. The van der Waals surface area contributed by atoms with Crippen LogP contribution in [0.4, 0.5) is 43.9 Å². The normalized spacial score (nSPS) is 15.8. The molecule has 15 heteroatoms. The molecule has 0 saturated carbocycles. The van der Waals surface area contributed by atoms with Crippen LogP contribution in [0.2, 0.25) is 0 Å². The topological polar surface area (TPSA) is 128 Å². The van der Waals surface area contributed by atoms with Crippen molar-refractivity contribution >= 4 is 35.1 Å². The summed E-state index contributed by atoms with van der Waals surface area (Å²) >= 11 is 0. The van der Waals surface area contributed by atoms with Gasteiger partial charge in [0.15, 0.2) is 0 Å². The lowest BCUT2D eigenvalue weighted by molar-refractivity contribution is -0.204. The molecular formula is C25H20F5N5O5. The van der Waals surface area contributed by atoms with Gasteiger partial charge in [0.25, 0.3) is 18.6 Å². The highest BCUT2D eigenvalue weighted by Crippen LogP contribution is 2.38. The molecule has 2 heterocycles. The van der Waals surface area contributed by atoms with E-state index in [1.807, 2.05) is 0 Å². The van der Waals surface area contributed by atoms with E-state index in [1.54, 1.807) is 13.8 Å². The highest BCUT2D eigenvalue weighted by molar-refractivity contribution is 6.28. The summed E-state index contributed by atoms with van der Waals surface area (Å²) < 4.78 is 75.8. The number of hydrogen-bond acceptors (Lipinski definition) is 8. The molecule has 0 aliphatic carbocycles. The second-order valence-electron chi connectivity index (χ2n) is 8.74. The average Bonchev–Trinajstić information content (AvgIpc) is 3.12. The Balaban J connectivity index is 1.76. The van der Waals surface area contributed by atoms with Crippen LogP contribution in [0.5, 0.6) is 11.6 Å². The second-order valence-corrected chi connectivity index (χ2v) is 8.74. The van der Waals surface area contributed by atoms with Crippen molar-refractivity contribution in [3.8, 4) is 11.6 Å². The number of alkyl halides is 5. The largest absolute Gasteiger partial charge is 0.491 e. The monoisotopic (exact) mass is 565 g/mol. The maximum atomic E-state index is 13.4. The van der Waals surface area contributed by atoms with Crippen LogP contribution in [0, 0.1) is 0 Å². The molecule has 4 rings (SSSR count). The van der Waals surface area contributed by atoms with Crippen LogP contribution in [-0.2, 0) is 14.3 Å². The fourth-order valence-corrected chi connectivity index (χ4v) is 3.83. The Morgan fingerprint density at radius 1 is 1.02 bits per heavy atom. The van der Waals surface area contributed by atoms with Gasteiger partial charge in [0.2, 0.25) is 5.88 Å². The fraction of sp³-hybridized carbons (Fsp3) is 0.240. The molecule has 2 N–H and O–H groups in total. The van der Waals surface area contributed by atoms with Gasteiger partial charge in [0.1, 0.15) is 17.9 Å². The number of esters is 1. The van der Waals surface area contributed by atoms with Crippen molar-refractivity contribution < 1.29 is 45.8 Å².